The summed E-state index contributed by atoms with van der Waals surface area (Å²) in [6.07, 6.45) is 0. The van der Waals surface area contributed by atoms with Crippen LogP contribution < -0.4 is 5.32 Å². The highest BCUT2D eigenvalue weighted by Crippen LogP contribution is 2.03. The van der Waals surface area contributed by atoms with Crippen LogP contribution in [0.4, 0.5) is 0 Å². The van der Waals surface area contributed by atoms with Gasteiger partial charge in [0.05, 0.1) is 12.6 Å². The van der Waals surface area contributed by atoms with Gasteiger partial charge in [0.15, 0.2) is 5.78 Å². The summed E-state index contributed by atoms with van der Waals surface area (Å²) in [5, 5.41) is 2.74. The summed E-state index contributed by atoms with van der Waals surface area (Å²) in [7, 11) is 1.49. The van der Waals surface area contributed by atoms with E-state index in [2.05, 4.69) is 5.32 Å². The van der Waals surface area contributed by atoms with Crippen LogP contribution in [0.5, 0.6) is 0 Å². The van der Waals surface area contributed by atoms with Crippen LogP contribution in [0.25, 0.3) is 0 Å². The van der Waals surface area contributed by atoms with Crippen LogP contribution >= 0.6 is 0 Å². The largest absolute Gasteiger partial charge is 0.377 e. The summed E-state index contributed by atoms with van der Waals surface area (Å²) in [5.74, 6) is -0.00415. The van der Waals surface area contributed by atoms with E-state index in [4.69, 9.17) is 4.74 Å². The Kier molecular flexibility index (Phi) is 4.03. The molecule has 0 bridgehead atoms. The normalized spacial score (nSPS) is 23.3. The van der Waals surface area contributed by atoms with E-state index >= 15 is 0 Å². The van der Waals surface area contributed by atoms with E-state index in [1.54, 1.807) is 6.92 Å². The first-order chi connectivity index (χ1) is 6.65. The molecule has 1 rings (SSSR count). The summed E-state index contributed by atoms with van der Waals surface area (Å²) < 4.78 is 4.73. The van der Waals surface area contributed by atoms with Crippen molar-refractivity contribution >= 4 is 11.7 Å². The average molecular weight is 200 g/mol. The zero-order valence-electron chi connectivity index (χ0n) is 8.58. The second-order valence-corrected chi connectivity index (χ2v) is 3.41. The summed E-state index contributed by atoms with van der Waals surface area (Å²) in [6, 6.07) is -0.218. The van der Waals surface area contributed by atoms with Crippen LogP contribution in [0.1, 0.15) is 6.92 Å². The fourth-order valence-corrected chi connectivity index (χ4v) is 1.48. The molecule has 1 amide bonds. The zero-order valence-corrected chi connectivity index (χ0v) is 8.58. The SMILES string of the molecule is COCC(=O)CN1CCNC(=O)C1C. The van der Waals surface area contributed by atoms with Crippen molar-refractivity contribution in [2.75, 3.05) is 33.4 Å². The van der Waals surface area contributed by atoms with Crippen molar-refractivity contribution in [3.63, 3.8) is 0 Å². The first-order valence-corrected chi connectivity index (χ1v) is 4.67. The second kappa shape index (κ2) is 5.07. The number of amides is 1. The van der Waals surface area contributed by atoms with E-state index in [9.17, 15) is 9.59 Å². The monoisotopic (exact) mass is 200 g/mol. The van der Waals surface area contributed by atoms with Crippen molar-refractivity contribution < 1.29 is 14.3 Å². The molecule has 1 saturated heterocycles. The number of hydrogen-bond donors (Lipinski definition) is 1. The third-order valence-electron chi connectivity index (χ3n) is 2.31. The van der Waals surface area contributed by atoms with Crippen molar-refractivity contribution in [2.45, 2.75) is 13.0 Å². The molecule has 1 N–H and O–H groups in total. The lowest BCUT2D eigenvalue weighted by molar-refractivity contribution is -0.131. The van der Waals surface area contributed by atoms with E-state index in [1.165, 1.54) is 7.11 Å². The fourth-order valence-electron chi connectivity index (χ4n) is 1.48. The topological polar surface area (TPSA) is 58.6 Å². The number of ketones is 1. The predicted octanol–water partition coefficient (Wildman–Crippen LogP) is -0.978. The van der Waals surface area contributed by atoms with E-state index in [0.29, 0.717) is 13.1 Å². The third-order valence-corrected chi connectivity index (χ3v) is 2.31. The third kappa shape index (κ3) is 2.78. The molecule has 1 fully saturated rings. The average Bonchev–Trinajstić information content (AvgIpc) is 2.13. The van der Waals surface area contributed by atoms with Gasteiger partial charge in [-0.2, -0.15) is 0 Å². The van der Waals surface area contributed by atoms with Gasteiger partial charge in [-0.15, -0.1) is 0 Å². The number of ether oxygens (including phenoxy) is 1. The maximum absolute atomic E-state index is 11.3. The van der Waals surface area contributed by atoms with Crippen LogP contribution in [-0.4, -0.2) is 56.0 Å². The smallest absolute Gasteiger partial charge is 0.237 e. The number of nitrogens with one attached hydrogen (secondary N) is 1. The molecule has 1 aliphatic heterocycles. The highest BCUT2D eigenvalue weighted by molar-refractivity contribution is 5.85. The molecule has 0 aliphatic carbocycles. The maximum Gasteiger partial charge on any atom is 0.237 e. The molecule has 1 atom stereocenters. The molecule has 1 heterocycles. The Labute approximate surface area is 83.4 Å². The van der Waals surface area contributed by atoms with Gasteiger partial charge in [0.25, 0.3) is 0 Å². The molecular formula is C9H16N2O3. The van der Waals surface area contributed by atoms with E-state index in [0.717, 1.165) is 6.54 Å². The molecule has 0 spiro atoms. The van der Waals surface area contributed by atoms with Gasteiger partial charge in [-0.05, 0) is 6.92 Å². The van der Waals surface area contributed by atoms with E-state index in [-0.39, 0.29) is 24.3 Å². The first kappa shape index (κ1) is 11.1. The van der Waals surface area contributed by atoms with E-state index < -0.39 is 0 Å². The number of carbonyl (C=O) groups excluding carboxylic acids is 2. The number of rotatable bonds is 4. The van der Waals surface area contributed by atoms with Crippen molar-refractivity contribution in [3.05, 3.63) is 0 Å². The molecule has 1 unspecified atom stereocenters. The lowest BCUT2D eigenvalue weighted by atomic mass is 10.2. The lowest BCUT2D eigenvalue weighted by Gasteiger charge is -2.31. The Morgan fingerprint density at radius 1 is 1.71 bits per heavy atom. The predicted molar refractivity (Wildman–Crippen MR) is 50.9 cm³/mol. The van der Waals surface area contributed by atoms with Crippen LogP contribution in [-0.2, 0) is 14.3 Å². The van der Waals surface area contributed by atoms with Crippen molar-refractivity contribution in [1.82, 2.24) is 10.2 Å². The van der Waals surface area contributed by atoms with Crippen LogP contribution in [0, 0.1) is 0 Å². The molecule has 0 aromatic carbocycles. The highest BCUT2D eigenvalue weighted by Gasteiger charge is 2.26. The van der Waals surface area contributed by atoms with Gasteiger partial charge in [-0.1, -0.05) is 0 Å². The maximum atomic E-state index is 11.3. The number of Topliss-reactive ketones (excluding diaryl/α,β-unsaturated/α-hetero) is 1. The van der Waals surface area contributed by atoms with Crippen molar-refractivity contribution in [1.29, 1.82) is 0 Å². The molecule has 0 aromatic heterocycles. The van der Waals surface area contributed by atoms with Crippen LogP contribution in [0.2, 0.25) is 0 Å². The Balaban J connectivity index is 2.43. The molecule has 0 radical (unpaired) electrons. The number of nitrogens with zero attached hydrogens (tertiary/aromatic N) is 1. The number of hydrogen-bond acceptors (Lipinski definition) is 4. The van der Waals surface area contributed by atoms with Gasteiger partial charge in [-0.3, -0.25) is 14.5 Å². The number of piperazine rings is 1. The van der Waals surface area contributed by atoms with Gasteiger partial charge in [0.2, 0.25) is 5.91 Å². The molecule has 0 aromatic rings. The number of carbonyl (C=O) groups is 2. The van der Waals surface area contributed by atoms with Gasteiger partial charge < -0.3 is 10.1 Å². The standard InChI is InChI=1S/C9H16N2O3/c1-7-9(13)10-3-4-11(7)5-8(12)6-14-2/h7H,3-6H2,1-2H3,(H,10,13). The molecular weight excluding hydrogens is 184 g/mol. The van der Waals surface area contributed by atoms with Crippen molar-refractivity contribution in [3.8, 4) is 0 Å². The van der Waals surface area contributed by atoms with Gasteiger partial charge in [-0.25, -0.2) is 0 Å². The summed E-state index contributed by atoms with van der Waals surface area (Å²) in [4.78, 5) is 24.4. The molecule has 14 heavy (non-hydrogen) atoms. The summed E-state index contributed by atoms with van der Waals surface area (Å²) >= 11 is 0. The molecule has 5 heteroatoms. The quantitative estimate of drug-likeness (QED) is 0.634. The molecule has 80 valence electrons. The van der Waals surface area contributed by atoms with Crippen LogP contribution in [0.3, 0.4) is 0 Å². The van der Waals surface area contributed by atoms with Gasteiger partial charge >= 0.3 is 0 Å². The minimum absolute atomic E-state index is 0.00838. The Morgan fingerprint density at radius 2 is 2.43 bits per heavy atom. The minimum atomic E-state index is -0.218. The fraction of sp³-hybridized carbons (Fsp3) is 0.778. The Bertz CT molecular complexity index is 230. The molecule has 0 saturated carbocycles. The van der Waals surface area contributed by atoms with Gasteiger partial charge in [0, 0.05) is 20.2 Å². The molecule has 1 aliphatic rings. The number of methoxy groups -OCH3 is 1. The summed E-state index contributed by atoms with van der Waals surface area (Å²) in [6.45, 7) is 3.55. The van der Waals surface area contributed by atoms with Crippen LogP contribution in [0.15, 0.2) is 0 Å². The van der Waals surface area contributed by atoms with Gasteiger partial charge in [0.1, 0.15) is 6.61 Å². The van der Waals surface area contributed by atoms with E-state index in [1.807, 2.05) is 4.90 Å². The zero-order chi connectivity index (χ0) is 10.6. The molecule has 5 nitrogen and oxygen atoms in total. The minimum Gasteiger partial charge on any atom is -0.377 e. The lowest BCUT2D eigenvalue weighted by Crippen LogP contribution is -2.55. The Morgan fingerprint density at radius 3 is 3.07 bits per heavy atom. The summed E-state index contributed by atoms with van der Waals surface area (Å²) in [5.41, 5.74) is 0. The highest BCUT2D eigenvalue weighted by atomic mass is 16.5. The second-order valence-electron chi connectivity index (χ2n) is 3.41. The first-order valence-electron chi connectivity index (χ1n) is 4.67. The Hall–Kier alpha value is -0.940. The van der Waals surface area contributed by atoms with Crippen molar-refractivity contribution in [2.24, 2.45) is 0 Å².